The van der Waals surface area contributed by atoms with Gasteiger partial charge in [-0.3, -0.25) is 4.90 Å². The first kappa shape index (κ1) is 15.0. The summed E-state index contributed by atoms with van der Waals surface area (Å²) >= 11 is 1.90. The minimum Gasteiger partial charge on any atom is -0.329 e. The first-order valence-electron chi connectivity index (χ1n) is 7.46. The summed E-state index contributed by atoms with van der Waals surface area (Å²) in [5.41, 5.74) is 7.59. The van der Waals surface area contributed by atoms with E-state index in [0.717, 1.165) is 18.4 Å². The third-order valence-electron chi connectivity index (χ3n) is 4.71. The molecule has 19 heavy (non-hydrogen) atoms. The molecule has 0 aliphatic carbocycles. The quantitative estimate of drug-likeness (QED) is 0.914. The van der Waals surface area contributed by atoms with Gasteiger partial charge in [-0.15, -0.1) is 11.3 Å². The van der Waals surface area contributed by atoms with Gasteiger partial charge in [0.05, 0.1) is 0 Å². The Morgan fingerprint density at radius 2 is 2.05 bits per heavy atom. The summed E-state index contributed by atoms with van der Waals surface area (Å²) in [6.45, 7) is 13.5. The van der Waals surface area contributed by atoms with Gasteiger partial charge in [0.2, 0.25) is 0 Å². The lowest BCUT2D eigenvalue weighted by Crippen LogP contribution is -2.49. The molecule has 2 rings (SSSR count). The molecule has 0 aromatic carbocycles. The van der Waals surface area contributed by atoms with Gasteiger partial charge in [0.1, 0.15) is 0 Å². The third kappa shape index (κ3) is 3.04. The van der Waals surface area contributed by atoms with Crippen molar-refractivity contribution in [2.45, 2.75) is 53.1 Å². The van der Waals surface area contributed by atoms with Crippen molar-refractivity contribution in [1.29, 1.82) is 0 Å². The Balaban J connectivity index is 2.28. The minimum absolute atomic E-state index is 0.394. The SMILES string of the molecule is Cc1cc(C(CN)N2CC(C)CC(C)C2C)c(C)s1. The number of thiophene rings is 1. The number of likely N-dealkylation sites (tertiary alicyclic amines) is 1. The van der Waals surface area contributed by atoms with Gasteiger partial charge in [-0.1, -0.05) is 13.8 Å². The van der Waals surface area contributed by atoms with Crippen LogP contribution in [-0.4, -0.2) is 24.0 Å². The van der Waals surface area contributed by atoms with Gasteiger partial charge >= 0.3 is 0 Å². The molecule has 2 N–H and O–H groups in total. The van der Waals surface area contributed by atoms with Crippen LogP contribution in [0, 0.1) is 25.7 Å². The Kier molecular flexibility index (Phi) is 4.70. The molecule has 3 heteroatoms. The van der Waals surface area contributed by atoms with Crippen LogP contribution >= 0.6 is 11.3 Å². The van der Waals surface area contributed by atoms with E-state index in [1.807, 2.05) is 11.3 Å². The van der Waals surface area contributed by atoms with E-state index in [9.17, 15) is 0 Å². The van der Waals surface area contributed by atoms with Crippen molar-refractivity contribution in [3.63, 3.8) is 0 Å². The molecule has 0 radical (unpaired) electrons. The van der Waals surface area contributed by atoms with Crippen molar-refractivity contribution in [2.24, 2.45) is 17.6 Å². The molecule has 1 fully saturated rings. The average molecular weight is 280 g/mol. The van der Waals surface area contributed by atoms with E-state index in [4.69, 9.17) is 5.73 Å². The van der Waals surface area contributed by atoms with E-state index in [1.54, 1.807) is 0 Å². The van der Waals surface area contributed by atoms with Gasteiger partial charge in [0.15, 0.2) is 0 Å². The smallest absolute Gasteiger partial charge is 0.0484 e. The zero-order chi connectivity index (χ0) is 14.2. The van der Waals surface area contributed by atoms with Crippen molar-refractivity contribution in [3.8, 4) is 0 Å². The Bertz CT molecular complexity index is 426. The van der Waals surface area contributed by atoms with Crippen LogP contribution in [0.3, 0.4) is 0 Å². The predicted octanol–water partition coefficient (Wildman–Crippen LogP) is 3.73. The molecule has 0 saturated carbocycles. The second kappa shape index (κ2) is 5.94. The predicted molar refractivity (Wildman–Crippen MR) is 84.7 cm³/mol. The Hall–Kier alpha value is -0.380. The number of piperidine rings is 1. The Morgan fingerprint density at radius 3 is 2.58 bits per heavy atom. The van der Waals surface area contributed by atoms with Gasteiger partial charge in [0.25, 0.3) is 0 Å². The molecule has 0 spiro atoms. The maximum atomic E-state index is 6.13. The number of hydrogen-bond donors (Lipinski definition) is 1. The number of nitrogens with two attached hydrogens (primary N) is 1. The molecule has 4 atom stereocenters. The summed E-state index contributed by atoms with van der Waals surface area (Å²) in [6, 6.07) is 3.36. The van der Waals surface area contributed by atoms with Gasteiger partial charge in [0, 0.05) is 34.9 Å². The first-order chi connectivity index (χ1) is 8.93. The first-order valence-corrected chi connectivity index (χ1v) is 8.28. The fraction of sp³-hybridized carbons (Fsp3) is 0.750. The normalized spacial score (nSPS) is 30.5. The van der Waals surface area contributed by atoms with E-state index in [1.165, 1.54) is 28.3 Å². The molecule has 1 aliphatic heterocycles. The van der Waals surface area contributed by atoms with Crippen LogP contribution in [0.25, 0.3) is 0 Å². The van der Waals surface area contributed by atoms with E-state index in [-0.39, 0.29) is 0 Å². The van der Waals surface area contributed by atoms with Crippen LogP contribution in [0.2, 0.25) is 0 Å². The molecule has 108 valence electrons. The van der Waals surface area contributed by atoms with E-state index >= 15 is 0 Å². The van der Waals surface area contributed by atoms with Crippen molar-refractivity contribution < 1.29 is 0 Å². The van der Waals surface area contributed by atoms with E-state index < -0.39 is 0 Å². The lowest BCUT2D eigenvalue weighted by molar-refractivity contribution is 0.0424. The van der Waals surface area contributed by atoms with Crippen LogP contribution in [0.4, 0.5) is 0 Å². The maximum Gasteiger partial charge on any atom is 0.0484 e. The minimum atomic E-state index is 0.394. The van der Waals surface area contributed by atoms with Crippen LogP contribution in [-0.2, 0) is 0 Å². The molecule has 1 aromatic heterocycles. The lowest BCUT2D eigenvalue weighted by Gasteiger charge is -2.45. The van der Waals surface area contributed by atoms with Crippen molar-refractivity contribution in [3.05, 3.63) is 21.4 Å². The monoisotopic (exact) mass is 280 g/mol. The molecular formula is C16H28N2S. The topological polar surface area (TPSA) is 29.3 Å². The number of nitrogens with zero attached hydrogens (tertiary/aromatic N) is 1. The van der Waals surface area contributed by atoms with E-state index in [0.29, 0.717) is 12.1 Å². The average Bonchev–Trinajstić information content (AvgIpc) is 2.65. The number of hydrogen-bond acceptors (Lipinski definition) is 3. The van der Waals surface area contributed by atoms with Gasteiger partial charge < -0.3 is 5.73 Å². The van der Waals surface area contributed by atoms with Gasteiger partial charge in [-0.25, -0.2) is 0 Å². The number of aryl methyl sites for hydroxylation is 2. The molecule has 2 heterocycles. The molecule has 1 aromatic rings. The molecule has 0 amide bonds. The van der Waals surface area contributed by atoms with Crippen LogP contribution in [0.5, 0.6) is 0 Å². The van der Waals surface area contributed by atoms with Crippen LogP contribution in [0.15, 0.2) is 6.07 Å². The highest BCUT2D eigenvalue weighted by Crippen LogP contribution is 2.36. The van der Waals surface area contributed by atoms with Crippen LogP contribution in [0.1, 0.15) is 48.6 Å². The van der Waals surface area contributed by atoms with E-state index in [2.05, 4.69) is 45.6 Å². The third-order valence-corrected chi connectivity index (χ3v) is 5.69. The molecule has 4 unspecified atom stereocenters. The molecule has 1 aliphatic rings. The number of rotatable bonds is 3. The molecular weight excluding hydrogens is 252 g/mol. The van der Waals surface area contributed by atoms with Crippen LogP contribution < -0.4 is 5.73 Å². The fourth-order valence-electron chi connectivity index (χ4n) is 3.59. The fourth-order valence-corrected chi connectivity index (χ4v) is 4.57. The second-order valence-corrected chi connectivity index (χ2v) is 7.84. The van der Waals surface area contributed by atoms with Crippen molar-refractivity contribution in [1.82, 2.24) is 4.90 Å². The largest absolute Gasteiger partial charge is 0.329 e. The summed E-state index contributed by atoms with van der Waals surface area (Å²) < 4.78 is 0. The molecule has 2 nitrogen and oxygen atoms in total. The summed E-state index contributed by atoms with van der Waals surface area (Å²) in [5, 5.41) is 0. The Morgan fingerprint density at radius 1 is 1.37 bits per heavy atom. The second-order valence-electron chi connectivity index (χ2n) is 6.38. The van der Waals surface area contributed by atoms with Crippen molar-refractivity contribution in [2.75, 3.05) is 13.1 Å². The highest BCUT2D eigenvalue weighted by molar-refractivity contribution is 7.12. The molecule has 1 saturated heterocycles. The highest BCUT2D eigenvalue weighted by Gasteiger charge is 2.34. The zero-order valence-corrected chi connectivity index (χ0v) is 13.8. The molecule has 0 bridgehead atoms. The lowest BCUT2D eigenvalue weighted by atomic mass is 9.84. The summed E-state index contributed by atoms with van der Waals surface area (Å²) in [4.78, 5) is 5.48. The van der Waals surface area contributed by atoms with Gasteiger partial charge in [-0.2, -0.15) is 0 Å². The highest BCUT2D eigenvalue weighted by atomic mass is 32.1. The standard InChI is InChI=1S/C16H28N2S/c1-10-6-11(2)13(4)18(9-10)16(8-17)15-7-12(3)19-14(15)5/h7,10-11,13,16H,6,8-9,17H2,1-5H3. The zero-order valence-electron chi connectivity index (χ0n) is 12.9. The summed E-state index contributed by atoms with van der Waals surface area (Å²) in [6.07, 6.45) is 1.34. The summed E-state index contributed by atoms with van der Waals surface area (Å²) in [5.74, 6) is 1.54. The van der Waals surface area contributed by atoms with Gasteiger partial charge in [-0.05, 0) is 50.7 Å². The van der Waals surface area contributed by atoms with Crippen molar-refractivity contribution >= 4 is 11.3 Å². The summed E-state index contributed by atoms with van der Waals surface area (Å²) in [7, 11) is 0. The maximum absolute atomic E-state index is 6.13. The Labute approximate surface area is 122 Å².